The van der Waals surface area contributed by atoms with Crippen LogP contribution in [-0.4, -0.2) is 56.5 Å². The molecule has 3 rings (SSSR count). The zero-order valence-electron chi connectivity index (χ0n) is 18.8. The Morgan fingerprint density at radius 1 is 1.06 bits per heavy atom. The highest BCUT2D eigenvalue weighted by Gasteiger charge is 2.40. The minimum absolute atomic E-state index is 0.0547. The number of nitrogens with zero attached hydrogens (tertiary/aromatic N) is 4. The van der Waals surface area contributed by atoms with Gasteiger partial charge in [0, 0.05) is 43.0 Å². The second kappa shape index (κ2) is 8.83. The van der Waals surface area contributed by atoms with Gasteiger partial charge in [0.1, 0.15) is 11.4 Å². The second-order valence-corrected chi connectivity index (χ2v) is 9.30. The molecular weight excluding hydrogens is 416 g/mol. The lowest BCUT2D eigenvalue weighted by Crippen LogP contribution is -2.57. The minimum atomic E-state index is -0.599. The molecule has 0 aliphatic carbocycles. The fraction of sp³-hybridized carbons (Fsp3) is 0.478. The quantitative estimate of drug-likeness (QED) is 0.674. The van der Waals surface area contributed by atoms with Crippen LogP contribution in [0, 0.1) is 6.92 Å². The first-order valence-electron chi connectivity index (χ1n) is 10.3. The van der Waals surface area contributed by atoms with E-state index in [-0.39, 0.29) is 24.1 Å². The highest BCUT2D eigenvalue weighted by atomic mass is 35.5. The summed E-state index contributed by atoms with van der Waals surface area (Å²) in [5, 5.41) is 0.540. The summed E-state index contributed by atoms with van der Waals surface area (Å²) in [5.41, 5.74) is 1.93. The maximum absolute atomic E-state index is 12.8. The van der Waals surface area contributed by atoms with Crippen molar-refractivity contribution in [2.75, 3.05) is 13.1 Å². The zero-order valence-corrected chi connectivity index (χ0v) is 19.6. The van der Waals surface area contributed by atoms with E-state index in [1.54, 1.807) is 29.1 Å². The first-order valence-corrected chi connectivity index (χ1v) is 10.7. The summed E-state index contributed by atoms with van der Waals surface area (Å²) in [4.78, 5) is 37.3. The van der Waals surface area contributed by atoms with Gasteiger partial charge in [0.05, 0.1) is 12.1 Å². The number of amides is 2. The van der Waals surface area contributed by atoms with Gasteiger partial charge in [-0.05, 0) is 63.9 Å². The standard InChI is InChI=1S/C23H29ClN4O3/c1-14-21(28(16(3)29)8-7-27(14)22(30)31-23(4,5)6)18-9-17(10-20(24)11-18)19-12-25-15(2)26-13-19/h9-14,21H,7-8H2,1-6H3/t14-,21+/m1/s1. The van der Waals surface area contributed by atoms with Gasteiger partial charge < -0.3 is 14.5 Å². The molecule has 0 N–H and O–H groups in total. The second-order valence-electron chi connectivity index (χ2n) is 8.86. The molecule has 1 aromatic carbocycles. The number of aryl methyl sites for hydroxylation is 1. The Kier molecular flexibility index (Phi) is 6.55. The number of carbonyl (C=O) groups is 2. The molecule has 0 unspecified atom stereocenters. The predicted molar refractivity (Wildman–Crippen MR) is 120 cm³/mol. The number of carbonyl (C=O) groups excluding carboxylic acids is 2. The third-order valence-electron chi connectivity index (χ3n) is 5.27. The highest BCUT2D eigenvalue weighted by molar-refractivity contribution is 6.31. The molecule has 0 saturated carbocycles. The van der Waals surface area contributed by atoms with Crippen molar-refractivity contribution in [1.82, 2.24) is 19.8 Å². The van der Waals surface area contributed by atoms with Crippen molar-refractivity contribution < 1.29 is 14.3 Å². The van der Waals surface area contributed by atoms with Gasteiger partial charge in [0.15, 0.2) is 0 Å². The fourth-order valence-electron chi connectivity index (χ4n) is 3.87. The summed E-state index contributed by atoms with van der Waals surface area (Å²) in [6, 6.07) is 5.01. The summed E-state index contributed by atoms with van der Waals surface area (Å²) in [6.07, 6.45) is 3.11. The van der Waals surface area contributed by atoms with Crippen molar-refractivity contribution in [2.24, 2.45) is 0 Å². The Hall–Kier alpha value is -2.67. The van der Waals surface area contributed by atoms with E-state index in [1.165, 1.54) is 0 Å². The Labute approximate surface area is 188 Å². The number of hydrogen-bond acceptors (Lipinski definition) is 5. The predicted octanol–water partition coefficient (Wildman–Crippen LogP) is 4.63. The number of aromatic nitrogens is 2. The number of piperazine rings is 1. The van der Waals surface area contributed by atoms with Crippen LogP contribution in [0.15, 0.2) is 30.6 Å². The Bertz CT molecular complexity index is 972. The van der Waals surface area contributed by atoms with Gasteiger partial charge in [-0.3, -0.25) is 4.79 Å². The molecule has 2 aromatic rings. The van der Waals surface area contributed by atoms with Gasteiger partial charge in [0.2, 0.25) is 5.91 Å². The van der Waals surface area contributed by atoms with Crippen molar-refractivity contribution >= 4 is 23.6 Å². The maximum Gasteiger partial charge on any atom is 0.410 e. The van der Waals surface area contributed by atoms with Crippen LogP contribution in [0.2, 0.25) is 5.02 Å². The van der Waals surface area contributed by atoms with E-state index in [0.717, 1.165) is 16.7 Å². The van der Waals surface area contributed by atoms with Gasteiger partial charge in [-0.25, -0.2) is 14.8 Å². The molecule has 0 spiro atoms. The molecule has 2 atom stereocenters. The van der Waals surface area contributed by atoms with E-state index in [0.29, 0.717) is 23.9 Å². The van der Waals surface area contributed by atoms with E-state index in [2.05, 4.69) is 9.97 Å². The molecule has 166 valence electrons. The SMILES string of the molecule is CC(=O)N1CCN(C(=O)OC(C)(C)C)[C@H](C)[C@H]1c1cc(Cl)cc(-c2cnc(C)nc2)c1. The van der Waals surface area contributed by atoms with Crippen molar-refractivity contribution in [2.45, 2.75) is 59.2 Å². The van der Waals surface area contributed by atoms with Crippen LogP contribution in [-0.2, 0) is 9.53 Å². The lowest BCUT2D eigenvalue weighted by atomic mass is 9.92. The van der Waals surface area contributed by atoms with Crippen molar-refractivity contribution in [3.63, 3.8) is 0 Å². The fourth-order valence-corrected chi connectivity index (χ4v) is 4.11. The normalized spacial score (nSPS) is 19.3. The molecule has 1 saturated heterocycles. The average molecular weight is 445 g/mol. The molecule has 0 radical (unpaired) electrons. The Balaban J connectivity index is 2.01. The lowest BCUT2D eigenvalue weighted by Gasteiger charge is -2.46. The summed E-state index contributed by atoms with van der Waals surface area (Å²) in [6.45, 7) is 11.6. The molecule has 1 aliphatic rings. The lowest BCUT2D eigenvalue weighted by molar-refractivity contribution is -0.136. The molecule has 1 fully saturated rings. The number of halogens is 1. The maximum atomic E-state index is 12.8. The van der Waals surface area contributed by atoms with Crippen LogP contribution in [0.1, 0.15) is 52.0 Å². The molecule has 0 bridgehead atoms. The molecule has 31 heavy (non-hydrogen) atoms. The third-order valence-corrected chi connectivity index (χ3v) is 5.49. The Morgan fingerprint density at radius 3 is 2.26 bits per heavy atom. The molecule has 1 aliphatic heterocycles. The summed E-state index contributed by atoms with van der Waals surface area (Å²) < 4.78 is 5.60. The third kappa shape index (κ3) is 5.34. The van der Waals surface area contributed by atoms with Crippen LogP contribution < -0.4 is 0 Å². The van der Waals surface area contributed by atoms with Gasteiger partial charge in [-0.2, -0.15) is 0 Å². The number of hydrogen-bond donors (Lipinski definition) is 0. The zero-order chi connectivity index (χ0) is 22.9. The van der Waals surface area contributed by atoms with Crippen LogP contribution in [0.3, 0.4) is 0 Å². The molecule has 2 heterocycles. The largest absolute Gasteiger partial charge is 0.444 e. The summed E-state index contributed by atoms with van der Waals surface area (Å²) in [5.74, 6) is 0.628. The van der Waals surface area contributed by atoms with Gasteiger partial charge in [-0.15, -0.1) is 0 Å². The Morgan fingerprint density at radius 2 is 1.68 bits per heavy atom. The van der Waals surface area contributed by atoms with Gasteiger partial charge in [0.25, 0.3) is 0 Å². The first kappa shape index (κ1) is 23.0. The van der Waals surface area contributed by atoms with Gasteiger partial charge in [-0.1, -0.05) is 11.6 Å². The van der Waals surface area contributed by atoms with E-state index in [4.69, 9.17) is 16.3 Å². The smallest absolute Gasteiger partial charge is 0.410 e. The minimum Gasteiger partial charge on any atom is -0.444 e. The molecule has 2 amide bonds. The number of rotatable bonds is 2. The molecular formula is C23H29ClN4O3. The van der Waals surface area contributed by atoms with Crippen LogP contribution >= 0.6 is 11.6 Å². The average Bonchev–Trinajstić information content (AvgIpc) is 2.66. The van der Waals surface area contributed by atoms with Gasteiger partial charge >= 0.3 is 6.09 Å². The van der Waals surface area contributed by atoms with Crippen molar-refractivity contribution in [3.05, 3.63) is 47.0 Å². The van der Waals surface area contributed by atoms with Crippen molar-refractivity contribution in [1.29, 1.82) is 0 Å². The highest BCUT2D eigenvalue weighted by Crippen LogP contribution is 2.36. The van der Waals surface area contributed by atoms with Crippen LogP contribution in [0.25, 0.3) is 11.1 Å². The number of benzene rings is 1. The van der Waals surface area contributed by atoms with Crippen LogP contribution in [0.5, 0.6) is 0 Å². The first-order chi connectivity index (χ1) is 14.5. The van der Waals surface area contributed by atoms with E-state index < -0.39 is 5.60 Å². The van der Waals surface area contributed by atoms with Crippen LogP contribution in [0.4, 0.5) is 4.79 Å². The number of ether oxygens (including phenoxy) is 1. The van der Waals surface area contributed by atoms with E-state index in [9.17, 15) is 9.59 Å². The van der Waals surface area contributed by atoms with E-state index >= 15 is 0 Å². The summed E-state index contributed by atoms with van der Waals surface area (Å²) in [7, 11) is 0. The molecule has 8 heteroatoms. The van der Waals surface area contributed by atoms with Crippen molar-refractivity contribution in [3.8, 4) is 11.1 Å². The monoisotopic (exact) mass is 444 g/mol. The van der Waals surface area contributed by atoms with E-state index in [1.807, 2.05) is 52.8 Å². The molecule has 1 aromatic heterocycles. The topological polar surface area (TPSA) is 75.6 Å². The molecule has 7 nitrogen and oxygen atoms in total. The summed E-state index contributed by atoms with van der Waals surface area (Å²) >= 11 is 6.46.